The van der Waals surface area contributed by atoms with E-state index < -0.39 is 5.97 Å². The molecule has 1 rings (SSSR count). The third-order valence-electron chi connectivity index (χ3n) is 2.49. The summed E-state index contributed by atoms with van der Waals surface area (Å²) >= 11 is 0. The van der Waals surface area contributed by atoms with Gasteiger partial charge in [-0.15, -0.1) is 0 Å². The number of carbonyl (C=O) groups is 2. The van der Waals surface area contributed by atoms with Gasteiger partial charge < -0.3 is 9.84 Å². The molecule has 0 amide bonds. The Balaban J connectivity index is 3.03. The van der Waals surface area contributed by atoms with Crippen molar-refractivity contribution >= 4 is 11.8 Å². The molecular weight excluding hydrogens is 220 g/mol. The van der Waals surface area contributed by atoms with Crippen LogP contribution in [0.4, 0.5) is 0 Å². The summed E-state index contributed by atoms with van der Waals surface area (Å²) in [6.45, 7) is 3.75. The zero-order chi connectivity index (χ0) is 13.0. The summed E-state index contributed by atoms with van der Waals surface area (Å²) in [5.74, 6) is -0.635. The topological polar surface area (TPSA) is 63.6 Å². The second kappa shape index (κ2) is 5.48. The molecule has 0 fully saturated rings. The summed E-state index contributed by atoms with van der Waals surface area (Å²) in [7, 11) is 1.51. The molecule has 0 heterocycles. The highest BCUT2D eigenvalue weighted by Gasteiger charge is 2.15. The number of methoxy groups -OCH3 is 1. The van der Waals surface area contributed by atoms with Crippen molar-refractivity contribution < 1.29 is 19.4 Å². The monoisotopic (exact) mass is 236 g/mol. The van der Waals surface area contributed by atoms with E-state index in [0.29, 0.717) is 11.3 Å². The van der Waals surface area contributed by atoms with Crippen molar-refractivity contribution in [3.8, 4) is 5.75 Å². The first-order chi connectivity index (χ1) is 7.95. The normalized spacial score (nSPS) is 10.1. The van der Waals surface area contributed by atoms with Crippen LogP contribution in [0.25, 0.3) is 0 Å². The van der Waals surface area contributed by atoms with Crippen molar-refractivity contribution in [2.24, 2.45) is 0 Å². The first-order valence-electron chi connectivity index (χ1n) is 5.36. The molecule has 4 heteroatoms. The fraction of sp³-hybridized carbons (Fsp3) is 0.385. The van der Waals surface area contributed by atoms with E-state index in [-0.39, 0.29) is 18.6 Å². The maximum Gasteiger partial charge on any atom is 0.303 e. The number of ether oxygens (including phenoxy) is 1. The van der Waals surface area contributed by atoms with Gasteiger partial charge in [-0.1, -0.05) is 6.07 Å². The van der Waals surface area contributed by atoms with E-state index in [4.69, 9.17) is 9.84 Å². The molecular formula is C13H16O4. The lowest BCUT2D eigenvalue weighted by Crippen LogP contribution is -2.07. The van der Waals surface area contributed by atoms with Crippen LogP contribution in [0.3, 0.4) is 0 Å². The minimum absolute atomic E-state index is 0.00537. The minimum Gasteiger partial charge on any atom is -0.496 e. The molecule has 0 saturated carbocycles. The lowest BCUT2D eigenvalue weighted by Gasteiger charge is -2.11. The van der Waals surface area contributed by atoms with Crippen molar-refractivity contribution in [2.45, 2.75) is 26.7 Å². The molecule has 17 heavy (non-hydrogen) atoms. The molecule has 0 saturated heterocycles. The first-order valence-corrected chi connectivity index (χ1v) is 5.36. The summed E-state index contributed by atoms with van der Waals surface area (Å²) in [5.41, 5.74) is 2.31. The van der Waals surface area contributed by atoms with Gasteiger partial charge in [-0.25, -0.2) is 0 Å². The molecule has 0 aliphatic carbocycles. The van der Waals surface area contributed by atoms with Crippen LogP contribution in [0, 0.1) is 13.8 Å². The molecule has 1 aromatic rings. The molecule has 1 aromatic carbocycles. The van der Waals surface area contributed by atoms with E-state index in [1.165, 1.54) is 7.11 Å². The van der Waals surface area contributed by atoms with Crippen LogP contribution in [0.2, 0.25) is 0 Å². The highest BCUT2D eigenvalue weighted by atomic mass is 16.5. The van der Waals surface area contributed by atoms with Crippen molar-refractivity contribution in [2.75, 3.05) is 7.11 Å². The number of carboxylic acids is 1. The SMILES string of the molecule is COc1c(C)cc(C)cc1C(=O)CCC(=O)O. The second-order valence-corrected chi connectivity index (χ2v) is 3.98. The molecule has 4 nitrogen and oxygen atoms in total. The number of hydrogen-bond donors (Lipinski definition) is 1. The summed E-state index contributed by atoms with van der Waals surface area (Å²) in [6.07, 6.45) is -0.163. The van der Waals surface area contributed by atoms with Crippen LogP contribution in [0.15, 0.2) is 12.1 Å². The van der Waals surface area contributed by atoms with E-state index in [1.54, 1.807) is 6.07 Å². The van der Waals surface area contributed by atoms with Gasteiger partial charge in [-0.2, -0.15) is 0 Å². The van der Waals surface area contributed by atoms with Crippen LogP contribution >= 0.6 is 0 Å². The number of Topliss-reactive ketones (excluding diaryl/α,β-unsaturated/α-hetero) is 1. The standard InChI is InChI=1S/C13H16O4/c1-8-6-9(2)13(17-3)10(7-8)11(14)4-5-12(15)16/h6-7H,4-5H2,1-3H3,(H,15,16). The highest BCUT2D eigenvalue weighted by molar-refractivity contribution is 6.00. The number of carbonyl (C=O) groups excluding carboxylic acids is 1. The lowest BCUT2D eigenvalue weighted by molar-refractivity contribution is -0.136. The van der Waals surface area contributed by atoms with Crippen molar-refractivity contribution in [1.82, 2.24) is 0 Å². The summed E-state index contributed by atoms with van der Waals surface area (Å²) < 4.78 is 5.19. The zero-order valence-electron chi connectivity index (χ0n) is 10.2. The highest BCUT2D eigenvalue weighted by Crippen LogP contribution is 2.26. The van der Waals surface area contributed by atoms with E-state index in [9.17, 15) is 9.59 Å². The predicted octanol–water partition coefficient (Wildman–Crippen LogP) is 2.36. The quantitative estimate of drug-likeness (QED) is 0.797. The Morgan fingerprint density at radius 1 is 1.24 bits per heavy atom. The van der Waals surface area contributed by atoms with Gasteiger partial charge >= 0.3 is 5.97 Å². The van der Waals surface area contributed by atoms with Crippen molar-refractivity contribution in [3.05, 3.63) is 28.8 Å². The molecule has 1 N–H and O–H groups in total. The molecule has 0 spiro atoms. The average molecular weight is 236 g/mol. The minimum atomic E-state index is -0.971. The van der Waals surface area contributed by atoms with Crippen LogP contribution < -0.4 is 4.74 Å². The Labute approximate surface area is 100 Å². The fourth-order valence-electron chi connectivity index (χ4n) is 1.79. The molecule has 0 unspecified atom stereocenters. The molecule has 0 aliphatic rings. The van der Waals surface area contributed by atoms with E-state index >= 15 is 0 Å². The van der Waals surface area contributed by atoms with Crippen LogP contribution in [-0.2, 0) is 4.79 Å². The number of rotatable bonds is 5. The van der Waals surface area contributed by atoms with E-state index in [0.717, 1.165) is 11.1 Å². The van der Waals surface area contributed by atoms with Crippen LogP contribution in [-0.4, -0.2) is 24.0 Å². The summed E-state index contributed by atoms with van der Waals surface area (Å²) in [6, 6.07) is 3.66. The first kappa shape index (κ1) is 13.2. The van der Waals surface area contributed by atoms with Crippen molar-refractivity contribution in [1.29, 1.82) is 0 Å². The number of hydrogen-bond acceptors (Lipinski definition) is 3. The largest absolute Gasteiger partial charge is 0.496 e. The Kier molecular flexibility index (Phi) is 4.26. The fourth-order valence-corrected chi connectivity index (χ4v) is 1.79. The van der Waals surface area contributed by atoms with Gasteiger partial charge in [0.15, 0.2) is 5.78 Å². The maximum absolute atomic E-state index is 11.9. The Morgan fingerprint density at radius 3 is 2.41 bits per heavy atom. The zero-order valence-corrected chi connectivity index (χ0v) is 10.2. The van der Waals surface area contributed by atoms with Gasteiger partial charge in [0.05, 0.1) is 19.1 Å². The summed E-state index contributed by atoms with van der Waals surface area (Å²) in [4.78, 5) is 22.3. The van der Waals surface area contributed by atoms with Crippen molar-refractivity contribution in [3.63, 3.8) is 0 Å². The lowest BCUT2D eigenvalue weighted by atomic mass is 10.00. The molecule has 0 aromatic heterocycles. The Morgan fingerprint density at radius 2 is 1.88 bits per heavy atom. The molecule has 0 atom stereocenters. The van der Waals surface area contributed by atoms with Gasteiger partial charge in [0.25, 0.3) is 0 Å². The molecule has 92 valence electrons. The van der Waals surface area contributed by atoms with Gasteiger partial charge in [0.2, 0.25) is 0 Å². The third-order valence-corrected chi connectivity index (χ3v) is 2.49. The number of benzene rings is 1. The third kappa shape index (κ3) is 3.31. The average Bonchev–Trinajstić information content (AvgIpc) is 2.24. The Hall–Kier alpha value is -1.84. The smallest absolute Gasteiger partial charge is 0.303 e. The molecule has 0 bridgehead atoms. The van der Waals surface area contributed by atoms with Gasteiger partial charge in [0.1, 0.15) is 5.75 Å². The van der Waals surface area contributed by atoms with Crippen LogP contribution in [0.5, 0.6) is 5.75 Å². The van der Waals surface area contributed by atoms with E-state index in [2.05, 4.69) is 0 Å². The number of ketones is 1. The maximum atomic E-state index is 11.9. The summed E-state index contributed by atoms with van der Waals surface area (Å²) in [5, 5.41) is 8.56. The number of carboxylic acid groups (broad SMARTS) is 1. The van der Waals surface area contributed by atoms with E-state index in [1.807, 2.05) is 19.9 Å². The molecule has 0 aliphatic heterocycles. The molecule has 0 radical (unpaired) electrons. The van der Waals surface area contributed by atoms with Gasteiger partial charge in [0, 0.05) is 6.42 Å². The van der Waals surface area contributed by atoms with Gasteiger partial charge in [-0.3, -0.25) is 9.59 Å². The van der Waals surface area contributed by atoms with Crippen LogP contribution in [0.1, 0.15) is 34.3 Å². The number of aryl methyl sites for hydroxylation is 2. The van der Waals surface area contributed by atoms with Gasteiger partial charge in [-0.05, 0) is 31.0 Å². The Bertz CT molecular complexity index is 449. The predicted molar refractivity (Wildman–Crippen MR) is 63.7 cm³/mol. The second-order valence-electron chi connectivity index (χ2n) is 3.98. The number of aliphatic carboxylic acids is 1.